The summed E-state index contributed by atoms with van der Waals surface area (Å²) in [6, 6.07) is 0. The van der Waals surface area contributed by atoms with Gasteiger partial charge in [0.2, 0.25) is 0 Å². The summed E-state index contributed by atoms with van der Waals surface area (Å²) in [4.78, 5) is 10.4. The summed E-state index contributed by atoms with van der Waals surface area (Å²) in [7, 11) is 2.54. The number of hydrogen-bond acceptors (Lipinski definition) is 5. The molecule has 0 heterocycles. The van der Waals surface area contributed by atoms with E-state index < -0.39 is 0 Å². The molecule has 0 aromatic carbocycles. The van der Waals surface area contributed by atoms with Gasteiger partial charge in [-0.2, -0.15) is 0 Å². The second kappa shape index (κ2) is 6.39. The van der Waals surface area contributed by atoms with Crippen molar-refractivity contribution in [3.8, 4) is 0 Å². The Hall–Kier alpha value is 0.680. The summed E-state index contributed by atoms with van der Waals surface area (Å²) < 4.78 is 5.10. The van der Waals surface area contributed by atoms with E-state index in [2.05, 4.69) is 0 Å². The molecule has 0 bridgehead atoms. The van der Waals surface area contributed by atoms with Gasteiger partial charge in [0.05, 0.1) is 17.2 Å². The van der Waals surface area contributed by atoms with Gasteiger partial charge in [-0.15, -0.1) is 0 Å². The van der Waals surface area contributed by atoms with Crippen molar-refractivity contribution in [2.24, 2.45) is 0 Å². The minimum absolute atomic E-state index is 0.102. The molecule has 0 aliphatic heterocycles. The van der Waals surface area contributed by atoms with Crippen LogP contribution in [0.15, 0.2) is 0 Å². The van der Waals surface area contributed by atoms with E-state index in [1.807, 2.05) is 13.8 Å². The highest BCUT2D eigenvalue weighted by Crippen LogP contribution is 2.36. The van der Waals surface area contributed by atoms with Crippen LogP contribution in [0.5, 0.6) is 0 Å². The van der Waals surface area contributed by atoms with Crippen LogP contribution in [0.1, 0.15) is 20.8 Å². The third-order valence-corrected chi connectivity index (χ3v) is 3.66. The molecule has 0 aliphatic rings. The second-order valence-electron chi connectivity index (χ2n) is 1.86. The van der Waals surface area contributed by atoms with E-state index in [-0.39, 0.29) is 11.2 Å². The normalized spacial score (nSPS) is 10.4. The first-order valence-electron chi connectivity index (χ1n) is 2.80. The van der Waals surface area contributed by atoms with Crippen molar-refractivity contribution in [3.05, 3.63) is 0 Å². The van der Waals surface area contributed by atoms with Crippen LogP contribution in [0.4, 0.5) is 0 Å². The molecule has 10 heavy (non-hydrogen) atoms. The smallest absolute Gasteiger partial charge is 0.197 e. The molecular formula is C5H10O2S3. The Morgan fingerprint density at radius 1 is 1.50 bits per heavy atom. The van der Waals surface area contributed by atoms with E-state index in [4.69, 9.17) is 4.18 Å². The number of carbonyl (C=O) groups is 1. The van der Waals surface area contributed by atoms with Gasteiger partial charge in [-0.05, 0) is 24.6 Å². The van der Waals surface area contributed by atoms with Crippen molar-refractivity contribution in [1.29, 1.82) is 0 Å². The first-order chi connectivity index (χ1) is 4.63. The van der Waals surface area contributed by atoms with E-state index in [1.54, 1.807) is 0 Å². The highest BCUT2D eigenvalue weighted by molar-refractivity contribution is 9.11. The molecule has 0 fully saturated rings. The molecule has 0 aromatic heterocycles. The van der Waals surface area contributed by atoms with Gasteiger partial charge in [-0.25, -0.2) is 0 Å². The minimum atomic E-state index is 0.102. The lowest BCUT2D eigenvalue weighted by molar-refractivity contribution is -0.109. The number of rotatable bonds is 4. The first kappa shape index (κ1) is 10.7. The van der Waals surface area contributed by atoms with Crippen LogP contribution in [-0.4, -0.2) is 11.2 Å². The number of carbonyl (C=O) groups excluding carboxylic acids is 1. The van der Waals surface area contributed by atoms with Crippen molar-refractivity contribution >= 4 is 36.8 Å². The zero-order valence-electron chi connectivity index (χ0n) is 6.12. The quantitative estimate of drug-likeness (QED) is 0.393. The molecule has 0 unspecified atom stereocenters. The molecule has 0 amide bonds. The SMILES string of the molecule is CC(=O)SSSOC(C)C. The van der Waals surface area contributed by atoms with Crippen molar-refractivity contribution in [2.45, 2.75) is 26.9 Å². The number of hydrogen-bond donors (Lipinski definition) is 0. The molecule has 0 aromatic rings. The molecule has 0 N–H and O–H groups in total. The molecule has 0 saturated carbocycles. The van der Waals surface area contributed by atoms with Crippen molar-refractivity contribution < 1.29 is 8.98 Å². The summed E-state index contributed by atoms with van der Waals surface area (Å²) in [5.41, 5.74) is 0. The third-order valence-electron chi connectivity index (χ3n) is 0.411. The molecular weight excluding hydrogens is 188 g/mol. The molecule has 0 atom stereocenters. The zero-order chi connectivity index (χ0) is 7.98. The first-order valence-corrected chi connectivity index (χ1v) is 6.21. The van der Waals surface area contributed by atoms with Crippen LogP contribution in [-0.2, 0) is 8.98 Å². The maximum absolute atomic E-state index is 10.4. The van der Waals surface area contributed by atoms with Crippen LogP contribution in [0.3, 0.4) is 0 Å². The molecule has 60 valence electrons. The third kappa shape index (κ3) is 8.68. The standard InChI is InChI=1S/C5H10O2S3/c1-4(2)7-9-10-8-5(3)6/h4H,1-3H3. The van der Waals surface area contributed by atoms with Crippen LogP contribution >= 0.6 is 31.7 Å². The van der Waals surface area contributed by atoms with Gasteiger partial charge in [0, 0.05) is 16.7 Å². The summed E-state index contributed by atoms with van der Waals surface area (Å²) in [5.74, 6) is 0. The van der Waals surface area contributed by atoms with Crippen LogP contribution in [0.2, 0.25) is 0 Å². The average molecular weight is 198 g/mol. The van der Waals surface area contributed by atoms with Gasteiger partial charge >= 0.3 is 0 Å². The Balaban J connectivity index is 2.98. The van der Waals surface area contributed by atoms with Gasteiger partial charge in [0.15, 0.2) is 5.12 Å². The van der Waals surface area contributed by atoms with Gasteiger partial charge in [0.25, 0.3) is 0 Å². The molecule has 0 saturated heterocycles. The van der Waals surface area contributed by atoms with Crippen molar-refractivity contribution in [3.63, 3.8) is 0 Å². The fourth-order valence-corrected chi connectivity index (χ4v) is 2.81. The molecule has 0 spiro atoms. The Morgan fingerprint density at radius 2 is 2.10 bits per heavy atom. The van der Waals surface area contributed by atoms with E-state index >= 15 is 0 Å². The van der Waals surface area contributed by atoms with Crippen molar-refractivity contribution in [2.75, 3.05) is 0 Å². The molecule has 5 heteroatoms. The van der Waals surface area contributed by atoms with E-state index in [0.29, 0.717) is 0 Å². The summed E-state index contributed by atoms with van der Waals surface area (Å²) in [6.45, 7) is 5.44. The predicted molar refractivity (Wildman–Crippen MR) is 49.7 cm³/mol. The monoisotopic (exact) mass is 198 g/mol. The van der Waals surface area contributed by atoms with E-state index in [0.717, 1.165) is 0 Å². The molecule has 0 aliphatic carbocycles. The van der Waals surface area contributed by atoms with Gasteiger partial charge in [-0.1, -0.05) is 0 Å². The van der Waals surface area contributed by atoms with Crippen LogP contribution in [0, 0.1) is 0 Å². The lowest BCUT2D eigenvalue weighted by Crippen LogP contribution is -1.91. The topological polar surface area (TPSA) is 26.3 Å². The maximum atomic E-state index is 10.4. The lowest BCUT2D eigenvalue weighted by Gasteiger charge is -2.01. The Kier molecular flexibility index (Phi) is 6.83. The van der Waals surface area contributed by atoms with Gasteiger partial charge in [0.1, 0.15) is 0 Å². The lowest BCUT2D eigenvalue weighted by atomic mass is 10.5. The largest absolute Gasteiger partial charge is 0.302 e. The van der Waals surface area contributed by atoms with Crippen LogP contribution < -0.4 is 0 Å². The molecule has 0 rings (SSSR count). The minimum Gasteiger partial charge on any atom is -0.302 e. The van der Waals surface area contributed by atoms with E-state index in [9.17, 15) is 4.79 Å². The average Bonchev–Trinajstić information content (AvgIpc) is 1.79. The summed E-state index contributed by atoms with van der Waals surface area (Å²) in [5, 5.41) is 0.102. The Morgan fingerprint density at radius 3 is 2.50 bits per heavy atom. The van der Waals surface area contributed by atoms with E-state index in [1.165, 1.54) is 38.6 Å². The summed E-state index contributed by atoms with van der Waals surface area (Å²) >= 11 is 1.25. The maximum Gasteiger partial charge on any atom is 0.197 e. The van der Waals surface area contributed by atoms with Crippen LogP contribution in [0.25, 0.3) is 0 Å². The fraction of sp³-hybridized carbons (Fsp3) is 0.800. The predicted octanol–water partition coefficient (Wildman–Crippen LogP) is 2.90. The molecule has 0 radical (unpaired) electrons. The highest BCUT2D eigenvalue weighted by Gasteiger charge is 1.97. The Labute approximate surface area is 72.9 Å². The fourth-order valence-electron chi connectivity index (χ4n) is 0.156. The summed E-state index contributed by atoms with van der Waals surface area (Å²) in [6.07, 6.45) is 0.213. The van der Waals surface area contributed by atoms with Crippen molar-refractivity contribution in [1.82, 2.24) is 0 Å². The second-order valence-corrected chi connectivity index (χ2v) is 5.60. The van der Waals surface area contributed by atoms with Gasteiger partial charge < -0.3 is 4.18 Å². The molecule has 2 nitrogen and oxygen atoms in total. The highest BCUT2D eigenvalue weighted by atomic mass is 33.5. The van der Waals surface area contributed by atoms with Gasteiger partial charge in [-0.3, -0.25) is 4.79 Å². The zero-order valence-corrected chi connectivity index (χ0v) is 8.57. The Bertz CT molecular complexity index is 105.